The number of amides is 1. The third-order valence-electron chi connectivity index (χ3n) is 4.83. The first kappa shape index (κ1) is 23.6. The van der Waals surface area contributed by atoms with Gasteiger partial charge < -0.3 is 10.1 Å². The van der Waals surface area contributed by atoms with Crippen LogP contribution < -0.4 is 10.1 Å². The Morgan fingerprint density at radius 3 is 2.59 bits per heavy atom. The number of ether oxygens (including phenoxy) is 1. The van der Waals surface area contributed by atoms with Crippen LogP contribution >= 0.6 is 11.8 Å². The summed E-state index contributed by atoms with van der Waals surface area (Å²) in [5.41, 5.74) is 3.23. The van der Waals surface area contributed by atoms with Gasteiger partial charge in [0.1, 0.15) is 12.4 Å². The third kappa shape index (κ3) is 6.47. The fourth-order valence-electron chi connectivity index (χ4n) is 3.09. The number of carbonyl (C=O) groups excluding carboxylic acids is 1. The first-order valence-electron chi connectivity index (χ1n) is 10.5. The number of aryl methyl sites for hydroxylation is 1. The fourth-order valence-corrected chi connectivity index (χ4v) is 3.86. The van der Waals surface area contributed by atoms with Crippen LogP contribution in [0.1, 0.15) is 37.7 Å². The molecule has 0 aliphatic rings. The minimum Gasteiger partial charge on any atom is -0.486 e. The number of hydrogen-bond acceptors (Lipinski definition) is 5. The molecule has 0 aliphatic heterocycles. The van der Waals surface area contributed by atoms with Crippen molar-refractivity contribution in [3.05, 3.63) is 78.1 Å². The van der Waals surface area contributed by atoms with Crippen LogP contribution in [0.2, 0.25) is 0 Å². The maximum Gasteiger partial charge on any atom is 0.234 e. The molecule has 0 unspecified atom stereocenters. The van der Waals surface area contributed by atoms with Gasteiger partial charge in [-0.15, -0.1) is 16.8 Å². The van der Waals surface area contributed by atoms with E-state index in [0.717, 1.165) is 17.0 Å². The Kier molecular flexibility index (Phi) is 7.75. The molecule has 168 valence electrons. The standard InChI is InChI=1S/C25H30N4O2S/c1-6-14-29-22(16-31-21-12-10-19(11-13-21)25(3,4)5)27-28-24(29)32-17-23(30)26-20-9-7-8-18(2)15-20/h6-13,15H,1,14,16-17H2,2-5H3,(H,26,30). The van der Waals surface area contributed by atoms with Gasteiger partial charge in [0.05, 0.1) is 5.75 Å². The largest absolute Gasteiger partial charge is 0.486 e. The lowest BCUT2D eigenvalue weighted by atomic mass is 9.87. The van der Waals surface area contributed by atoms with Crippen molar-refractivity contribution in [1.29, 1.82) is 0 Å². The van der Waals surface area contributed by atoms with Gasteiger partial charge in [-0.1, -0.05) is 62.9 Å². The molecule has 0 fully saturated rings. The molecule has 0 saturated heterocycles. The van der Waals surface area contributed by atoms with Crippen molar-refractivity contribution in [2.24, 2.45) is 0 Å². The summed E-state index contributed by atoms with van der Waals surface area (Å²) in [5, 5.41) is 12.1. The lowest BCUT2D eigenvalue weighted by Gasteiger charge is -2.19. The van der Waals surface area contributed by atoms with Crippen LogP contribution in [0.25, 0.3) is 0 Å². The average Bonchev–Trinajstić information content (AvgIpc) is 3.12. The summed E-state index contributed by atoms with van der Waals surface area (Å²) in [6, 6.07) is 15.8. The van der Waals surface area contributed by atoms with Crippen LogP contribution in [0.4, 0.5) is 5.69 Å². The summed E-state index contributed by atoms with van der Waals surface area (Å²) in [6.07, 6.45) is 1.78. The molecule has 0 aliphatic carbocycles. The maximum atomic E-state index is 12.3. The SMILES string of the molecule is C=CCn1c(COc2ccc(C(C)(C)C)cc2)nnc1SCC(=O)Nc1cccc(C)c1. The van der Waals surface area contributed by atoms with E-state index >= 15 is 0 Å². The smallest absolute Gasteiger partial charge is 0.234 e. The van der Waals surface area contributed by atoms with Gasteiger partial charge in [-0.05, 0) is 47.7 Å². The van der Waals surface area contributed by atoms with Gasteiger partial charge in [0.15, 0.2) is 11.0 Å². The van der Waals surface area contributed by atoms with Crippen LogP contribution in [-0.4, -0.2) is 26.4 Å². The zero-order chi connectivity index (χ0) is 23.1. The number of thioether (sulfide) groups is 1. The van der Waals surface area contributed by atoms with E-state index < -0.39 is 0 Å². The van der Waals surface area contributed by atoms with E-state index in [1.54, 1.807) is 6.08 Å². The number of carbonyl (C=O) groups is 1. The van der Waals surface area contributed by atoms with E-state index in [2.05, 4.69) is 55.0 Å². The summed E-state index contributed by atoms with van der Waals surface area (Å²) in [4.78, 5) is 12.3. The van der Waals surface area contributed by atoms with Crippen molar-refractivity contribution in [3.8, 4) is 5.75 Å². The molecule has 1 amide bonds. The van der Waals surface area contributed by atoms with Crippen LogP contribution in [0.3, 0.4) is 0 Å². The highest BCUT2D eigenvalue weighted by atomic mass is 32.2. The second kappa shape index (κ2) is 10.5. The number of hydrogen-bond donors (Lipinski definition) is 1. The quantitative estimate of drug-likeness (QED) is 0.350. The van der Waals surface area contributed by atoms with E-state index in [4.69, 9.17) is 4.74 Å². The van der Waals surface area contributed by atoms with E-state index in [0.29, 0.717) is 17.5 Å². The summed E-state index contributed by atoms with van der Waals surface area (Å²) in [5.74, 6) is 1.60. The Bertz CT molecular complexity index is 1070. The first-order valence-corrected chi connectivity index (χ1v) is 11.5. The van der Waals surface area contributed by atoms with Gasteiger partial charge in [0.25, 0.3) is 0 Å². The first-order chi connectivity index (χ1) is 15.3. The number of allylic oxidation sites excluding steroid dienone is 1. The highest BCUT2D eigenvalue weighted by Crippen LogP contribution is 2.25. The fraction of sp³-hybridized carbons (Fsp3) is 0.320. The molecule has 3 rings (SSSR count). The van der Waals surface area contributed by atoms with Crippen molar-refractivity contribution in [1.82, 2.24) is 14.8 Å². The summed E-state index contributed by atoms with van der Waals surface area (Å²) in [6.45, 7) is 13.2. The maximum absolute atomic E-state index is 12.3. The minimum atomic E-state index is -0.0921. The van der Waals surface area contributed by atoms with Gasteiger partial charge in [-0.3, -0.25) is 9.36 Å². The van der Waals surface area contributed by atoms with E-state index in [1.807, 2.05) is 47.9 Å². The molecular weight excluding hydrogens is 420 g/mol. The van der Waals surface area contributed by atoms with Crippen LogP contribution in [0, 0.1) is 6.92 Å². The molecule has 0 saturated carbocycles. The van der Waals surface area contributed by atoms with E-state index in [9.17, 15) is 4.79 Å². The molecule has 1 heterocycles. The lowest BCUT2D eigenvalue weighted by Crippen LogP contribution is -2.15. The van der Waals surface area contributed by atoms with Gasteiger partial charge in [0.2, 0.25) is 5.91 Å². The molecular formula is C25H30N4O2S. The minimum absolute atomic E-state index is 0.0921. The van der Waals surface area contributed by atoms with Gasteiger partial charge in [-0.2, -0.15) is 0 Å². The van der Waals surface area contributed by atoms with Crippen LogP contribution in [0.15, 0.2) is 66.3 Å². The Labute approximate surface area is 194 Å². The van der Waals surface area contributed by atoms with E-state index in [-0.39, 0.29) is 23.7 Å². The highest BCUT2D eigenvalue weighted by molar-refractivity contribution is 7.99. The lowest BCUT2D eigenvalue weighted by molar-refractivity contribution is -0.113. The number of benzene rings is 2. The van der Waals surface area contributed by atoms with Crippen molar-refractivity contribution >= 4 is 23.4 Å². The number of anilines is 1. The molecule has 2 aromatic carbocycles. The average molecular weight is 451 g/mol. The van der Waals surface area contributed by atoms with E-state index in [1.165, 1.54) is 17.3 Å². The third-order valence-corrected chi connectivity index (χ3v) is 5.79. The topological polar surface area (TPSA) is 69.0 Å². The van der Waals surface area contributed by atoms with Gasteiger partial charge in [0, 0.05) is 12.2 Å². The normalized spacial score (nSPS) is 11.2. The Morgan fingerprint density at radius 1 is 1.19 bits per heavy atom. The van der Waals surface area contributed by atoms with Crippen LogP contribution in [-0.2, 0) is 23.4 Å². The zero-order valence-electron chi connectivity index (χ0n) is 19.1. The number of nitrogens with zero attached hydrogens (tertiary/aromatic N) is 3. The Hall–Kier alpha value is -3.06. The Balaban J connectivity index is 1.60. The second-order valence-corrected chi connectivity index (χ2v) is 9.51. The van der Waals surface area contributed by atoms with Gasteiger partial charge in [-0.25, -0.2) is 0 Å². The summed E-state index contributed by atoms with van der Waals surface area (Å²) in [7, 11) is 0. The van der Waals surface area contributed by atoms with Gasteiger partial charge >= 0.3 is 0 Å². The number of rotatable bonds is 9. The zero-order valence-corrected chi connectivity index (χ0v) is 19.9. The monoisotopic (exact) mass is 450 g/mol. The van der Waals surface area contributed by atoms with Crippen molar-refractivity contribution in [2.75, 3.05) is 11.1 Å². The molecule has 0 spiro atoms. The van der Waals surface area contributed by atoms with Crippen molar-refractivity contribution in [2.45, 2.75) is 51.4 Å². The predicted molar refractivity (Wildman–Crippen MR) is 130 cm³/mol. The molecule has 32 heavy (non-hydrogen) atoms. The molecule has 3 aromatic rings. The molecule has 0 bridgehead atoms. The summed E-state index contributed by atoms with van der Waals surface area (Å²) >= 11 is 1.34. The summed E-state index contributed by atoms with van der Waals surface area (Å²) < 4.78 is 7.85. The number of aromatic nitrogens is 3. The molecule has 0 atom stereocenters. The predicted octanol–water partition coefficient (Wildman–Crippen LogP) is 5.38. The molecule has 1 N–H and O–H groups in total. The highest BCUT2D eigenvalue weighted by Gasteiger charge is 2.15. The number of nitrogens with one attached hydrogen (secondary N) is 1. The van der Waals surface area contributed by atoms with Crippen LogP contribution in [0.5, 0.6) is 5.75 Å². The molecule has 7 heteroatoms. The second-order valence-electron chi connectivity index (χ2n) is 8.57. The molecule has 0 radical (unpaired) electrons. The Morgan fingerprint density at radius 2 is 1.94 bits per heavy atom. The molecule has 6 nitrogen and oxygen atoms in total. The van der Waals surface area contributed by atoms with Crippen molar-refractivity contribution in [3.63, 3.8) is 0 Å². The van der Waals surface area contributed by atoms with Crippen molar-refractivity contribution < 1.29 is 9.53 Å². The molecule has 1 aromatic heterocycles.